The second-order valence-electron chi connectivity index (χ2n) is 7.29. The summed E-state index contributed by atoms with van der Waals surface area (Å²) in [5.41, 5.74) is 6.98. The van der Waals surface area contributed by atoms with Gasteiger partial charge in [0.1, 0.15) is 5.82 Å². The van der Waals surface area contributed by atoms with Gasteiger partial charge in [0, 0.05) is 19.5 Å². The molecule has 1 aromatic carbocycles. The number of hydrogen-bond donors (Lipinski definition) is 2. The number of hydrogen-bond acceptors (Lipinski definition) is 6. The van der Waals surface area contributed by atoms with Crippen LogP contribution in [0.3, 0.4) is 0 Å². The number of benzene rings is 1. The second-order valence-corrected chi connectivity index (χ2v) is 7.29. The summed E-state index contributed by atoms with van der Waals surface area (Å²) in [5.74, 6) is 1.55. The minimum atomic E-state index is -0.267. The smallest absolute Gasteiger partial charge is 0.224 e. The van der Waals surface area contributed by atoms with Crippen molar-refractivity contribution in [2.75, 3.05) is 37.5 Å². The molecule has 1 fully saturated rings. The highest BCUT2D eigenvalue weighted by atomic mass is 16.5. The molecule has 160 valence electrons. The van der Waals surface area contributed by atoms with Crippen molar-refractivity contribution in [1.82, 2.24) is 4.98 Å². The molecule has 1 unspecified atom stereocenters. The van der Waals surface area contributed by atoms with E-state index in [1.165, 1.54) is 0 Å². The number of para-hydroxylation sites is 1. The van der Waals surface area contributed by atoms with Crippen molar-refractivity contribution in [3.05, 3.63) is 42.1 Å². The van der Waals surface area contributed by atoms with Gasteiger partial charge in [0.2, 0.25) is 11.8 Å². The molecule has 2 aromatic rings. The number of carbonyl (C=O) groups is 2. The molecule has 1 aliphatic heterocycles. The van der Waals surface area contributed by atoms with E-state index in [0.717, 1.165) is 30.8 Å². The first-order valence-corrected chi connectivity index (χ1v) is 10.0. The molecule has 2 heterocycles. The molecule has 8 nitrogen and oxygen atoms in total. The lowest BCUT2D eigenvalue weighted by molar-refractivity contribution is -0.122. The van der Waals surface area contributed by atoms with E-state index in [1.54, 1.807) is 20.4 Å². The molecular formula is C22H28N4O4. The van der Waals surface area contributed by atoms with E-state index < -0.39 is 0 Å². The molecule has 1 atom stereocenters. The average molecular weight is 412 g/mol. The van der Waals surface area contributed by atoms with Crippen LogP contribution in [0, 0.1) is 5.92 Å². The highest BCUT2D eigenvalue weighted by Crippen LogP contribution is 2.31. The average Bonchev–Trinajstić information content (AvgIpc) is 2.77. The second kappa shape index (κ2) is 9.96. The molecule has 1 aliphatic rings. The molecule has 1 saturated heterocycles. The van der Waals surface area contributed by atoms with Gasteiger partial charge in [-0.05, 0) is 43.0 Å². The molecule has 3 rings (SSSR count). The van der Waals surface area contributed by atoms with Gasteiger partial charge in [-0.15, -0.1) is 0 Å². The number of carbonyl (C=O) groups excluding carboxylic acids is 2. The molecule has 0 spiro atoms. The third-order valence-corrected chi connectivity index (χ3v) is 5.29. The molecular weight excluding hydrogens is 384 g/mol. The van der Waals surface area contributed by atoms with Gasteiger partial charge in [0.05, 0.1) is 32.0 Å². The third kappa shape index (κ3) is 5.20. The molecule has 0 radical (unpaired) electrons. The number of nitrogens with two attached hydrogens (primary N) is 1. The number of aryl methyl sites for hydroxylation is 1. The Morgan fingerprint density at radius 1 is 1.23 bits per heavy atom. The normalized spacial score (nSPS) is 16.1. The summed E-state index contributed by atoms with van der Waals surface area (Å²) in [6, 6.07) is 9.29. The van der Waals surface area contributed by atoms with Gasteiger partial charge in [0.25, 0.3) is 0 Å². The SMILES string of the molecule is COc1cccc(CCC(=O)Nc2ccc(N3CCCC(C(N)=O)C3)nc2)c1OC. The van der Waals surface area contributed by atoms with E-state index in [4.69, 9.17) is 15.2 Å². The summed E-state index contributed by atoms with van der Waals surface area (Å²) in [4.78, 5) is 30.3. The van der Waals surface area contributed by atoms with E-state index in [2.05, 4.69) is 15.2 Å². The van der Waals surface area contributed by atoms with Gasteiger partial charge in [-0.25, -0.2) is 4.98 Å². The molecule has 3 N–H and O–H groups in total. The topological polar surface area (TPSA) is 107 Å². The van der Waals surface area contributed by atoms with Crippen LogP contribution < -0.4 is 25.4 Å². The van der Waals surface area contributed by atoms with Crippen molar-refractivity contribution < 1.29 is 19.1 Å². The van der Waals surface area contributed by atoms with E-state index in [1.807, 2.05) is 30.3 Å². The fourth-order valence-electron chi connectivity index (χ4n) is 3.69. The fraction of sp³-hybridized carbons (Fsp3) is 0.409. The molecule has 8 heteroatoms. The Hall–Kier alpha value is -3.29. The summed E-state index contributed by atoms with van der Waals surface area (Å²) in [5, 5.41) is 2.87. The number of methoxy groups -OCH3 is 2. The Morgan fingerprint density at radius 3 is 2.73 bits per heavy atom. The Balaban J connectivity index is 1.56. The number of primary amides is 1. The zero-order chi connectivity index (χ0) is 21.5. The summed E-state index contributed by atoms with van der Waals surface area (Å²) >= 11 is 0. The van der Waals surface area contributed by atoms with Crippen LogP contribution >= 0.6 is 0 Å². The van der Waals surface area contributed by atoms with Crippen molar-refractivity contribution in [2.45, 2.75) is 25.7 Å². The monoisotopic (exact) mass is 412 g/mol. The van der Waals surface area contributed by atoms with Crippen LogP contribution in [0.25, 0.3) is 0 Å². The number of nitrogens with zero attached hydrogens (tertiary/aromatic N) is 2. The molecule has 30 heavy (non-hydrogen) atoms. The van der Waals surface area contributed by atoms with E-state index in [-0.39, 0.29) is 17.7 Å². The number of pyridine rings is 1. The Kier molecular flexibility index (Phi) is 7.11. The molecule has 0 aliphatic carbocycles. The lowest BCUT2D eigenvalue weighted by atomic mass is 9.97. The summed E-state index contributed by atoms with van der Waals surface area (Å²) in [6.45, 7) is 1.42. The molecule has 2 amide bonds. The summed E-state index contributed by atoms with van der Waals surface area (Å²) < 4.78 is 10.7. The van der Waals surface area contributed by atoms with Gasteiger partial charge in [-0.2, -0.15) is 0 Å². The van der Waals surface area contributed by atoms with Crippen LogP contribution in [0.2, 0.25) is 0 Å². The maximum absolute atomic E-state index is 12.4. The number of nitrogens with one attached hydrogen (secondary N) is 1. The van der Waals surface area contributed by atoms with Crippen LogP contribution in [0.15, 0.2) is 36.5 Å². The highest BCUT2D eigenvalue weighted by molar-refractivity contribution is 5.90. The van der Waals surface area contributed by atoms with Crippen LogP contribution in [0.4, 0.5) is 11.5 Å². The van der Waals surface area contributed by atoms with Crippen molar-refractivity contribution in [3.63, 3.8) is 0 Å². The first-order chi connectivity index (χ1) is 14.5. The third-order valence-electron chi connectivity index (χ3n) is 5.29. The molecule has 0 bridgehead atoms. The van der Waals surface area contributed by atoms with Gasteiger partial charge < -0.3 is 25.4 Å². The Labute approximate surface area is 176 Å². The number of rotatable bonds is 8. The van der Waals surface area contributed by atoms with Crippen molar-refractivity contribution in [1.29, 1.82) is 0 Å². The summed E-state index contributed by atoms with van der Waals surface area (Å²) in [6.07, 6.45) is 4.19. The quantitative estimate of drug-likeness (QED) is 0.689. The highest BCUT2D eigenvalue weighted by Gasteiger charge is 2.24. The molecule has 1 aromatic heterocycles. The largest absolute Gasteiger partial charge is 0.493 e. The molecule has 0 saturated carbocycles. The van der Waals surface area contributed by atoms with Crippen LogP contribution in [0.5, 0.6) is 11.5 Å². The van der Waals surface area contributed by atoms with Crippen molar-refractivity contribution in [2.24, 2.45) is 11.7 Å². The Bertz CT molecular complexity index is 885. The number of amides is 2. The van der Waals surface area contributed by atoms with Crippen molar-refractivity contribution in [3.8, 4) is 11.5 Å². The van der Waals surface area contributed by atoms with Crippen LogP contribution in [-0.4, -0.2) is 44.1 Å². The first kappa shape index (κ1) is 21.4. The van der Waals surface area contributed by atoms with Gasteiger partial charge in [0.15, 0.2) is 11.5 Å². The van der Waals surface area contributed by atoms with Crippen molar-refractivity contribution >= 4 is 23.3 Å². The minimum Gasteiger partial charge on any atom is -0.493 e. The standard InChI is InChI=1S/C22H28N4O4/c1-29-18-7-3-5-15(21(18)30-2)8-11-20(27)25-17-9-10-19(24-13-17)26-12-4-6-16(14-26)22(23)28/h3,5,7,9-10,13,16H,4,6,8,11-12,14H2,1-2H3,(H2,23,28)(H,25,27). The fourth-order valence-corrected chi connectivity index (χ4v) is 3.69. The lowest BCUT2D eigenvalue weighted by Crippen LogP contribution is -2.41. The Morgan fingerprint density at radius 2 is 2.07 bits per heavy atom. The van der Waals surface area contributed by atoms with Crippen LogP contribution in [0.1, 0.15) is 24.8 Å². The van der Waals surface area contributed by atoms with Gasteiger partial charge in [-0.3, -0.25) is 9.59 Å². The zero-order valence-electron chi connectivity index (χ0n) is 17.4. The zero-order valence-corrected chi connectivity index (χ0v) is 17.4. The first-order valence-electron chi connectivity index (χ1n) is 10.0. The van der Waals surface area contributed by atoms with Gasteiger partial charge in [-0.1, -0.05) is 12.1 Å². The minimum absolute atomic E-state index is 0.110. The predicted molar refractivity (Wildman–Crippen MR) is 115 cm³/mol. The van der Waals surface area contributed by atoms with E-state index in [0.29, 0.717) is 36.6 Å². The predicted octanol–water partition coefficient (Wildman–Crippen LogP) is 2.37. The number of anilines is 2. The number of ether oxygens (including phenoxy) is 2. The maximum atomic E-state index is 12.4. The summed E-state index contributed by atoms with van der Waals surface area (Å²) in [7, 11) is 3.17. The number of piperidine rings is 1. The van der Waals surface area contributed by atoms with E-state index >= 15 is 0 Å². The maximum Gasteiger partial charge on any atom is 0.224 e. The van der Waals surface area contributed by atoms with Gasteiger partial charge >= 0.3 is 0 Å². The van der Waals surface area contributed by atoms with E-state index in [9.17, 15) is 9.59 Å². The lowest BCUT2D eigenvalue weighted by Gasteiger charge is -2.32. The van der Waals surface area contributed by atoms with Crippen LogP contribution in [-0.2, 0) is 16.0 Å². The number of aromatic nitrogens is 1.